The molecule has 106 valence electrons. The first kappa shape index (κ1) is 14.9. The Labute approximate surface area is 127 Å². The Hall–Kier alpha value is -1.52. The molecule has 20 heavy (non-hydrogen) atoms. The lowest BCUT2D eigenvalue weighted by Crippen LogP contribution is -2.06. The quantitative estimate of drug-likeness (QED) is 0.921. The smallest absolute Gasteiger partial charge is 0.128 e. The maximum atomic E-state index is 10.7. The van der Waals surface area contributed by atoms with E-state index in [4.69, 9.17) is 9.47 Å². The van der Waals surface area contributed by atoms with Crippen molar-refractivity contribution in [1.82, 2.24) is 0 Å². The standard InChI is InChI=1S/C16H17BrO3/c1-10-7-8-11(17)9-12(10)16(18)15-13(19-2)5-4-6-14(15)20-3/h4-9,16,18H,1-3H3. The third kappa shape index (κ3) is 2.81. The Balaban J connectivity index is 2.58. The lowest BCUT2D eigenvalue weighted by molar-refractivity contribution is 0.208. The number of aliphatic hydroxyl groups excluding tert-OH is 1. The van der Waals surface area contributed by atoms with Crippen molar-refractivity contribution < 1.29 is 14.6 Å². The molecule has 4 heteroatoms. The molecule has 1 atom stereocenters. The Bertz CT molecular complexity index is 588. The summed E-state index contributed by atoms with van der Waals surface area (Å²) in [6.45, 7) is 1.97. The summed E-state index contributed by atoms with van der Waals surface area (Å²) in [4.78, 5) is 0. The van der Waals surface area contributed by atoms with Crippen molar-refractivity contribution in [2.45, 2.75) is 13.0 Å². The van der Waals surface area contributed by atoms with Crippen LogP contribution in [0.15, 0.2) is 40.9 Å². The van der Waals surface area contributed by atoms with E-state index in [-0.39, 0.29) is 0 Å². The van der Waals surface area contributed by atoms with Gasteiger partial charge in [-0.2, -0.15) is 0 Å². The van der Waals surface area contributed by atoms with Crippen LogP contribution in [0.25, 0.3) is 0 Å². The maximum absolute atomic E-state index is 10.7. The molecular weight excluding hydrogens is 320 g/mol. The number of rotatable bonds is 4. The molecule has 2 aromatic rings. The number of halogens is 1. The normalized spacial score (nSPS) is 12.1. The van der Waals surface area contributed by atoms with Crippen molar-refractivity contribution in [1.29, 1.82) is 0 Å². The highest BCUT2D eigenvalue weighted by Crippen LogP contribution is 2.38. The number of methoxy groups -OCH3 is 2. The largest absolute Gasteiger partial charge is 0.496 e. The fraction of sp³-hybridized carbons (Fsp3) is 0.250. The van der Waals surface area contributed by atoms with Gasteiger partial charge in [-0.05, 0) is 42.3 Å². The Morgan fingerprint density at radius 3 is 2.20 bits per heavy atom. The molecule has 0 aliphatic heterocycles. The third-order valence-corrected chi connectivity index (χ3v) is 3.77. The number of aryl methyl sites for hydroxylation is 1. The monoisotopic (exact) mass is 336 g/mol. The molecule has 0 bridgehead atoms. The molecule has 2 aromatic carbocycles. The predicted octanol–water partition coefficient (Wildman–Crippen LogP) is 3.86. The summed E-state index contributed by atoms with van der Waals surface area (Å²) in [5.74, 6) is 1.22. The summed E-state index contributed by atoms with van der Waals surface area (Å²) >= 11 is 3.43. The fourth-order valence-corrected chi connectivity index (χ4v) is 2.59. The summed E-state index contributed by atoms with van der Waals surface area (Å²) in [7, 11) is 3.16. The molecule has 2 rings (SSSR count). The van der Waals surface area contributed by atoms with Crippen LogP contribution < -0.4 is 9.47 Å². The van der Waals surface area contributed by atoms with Crippen LogP contribution >= 0.6 is 15.9 Å². The summed E-state index contributed by atoms with van der Waals surface area (Å²) in [6.07, 6.45) is -0.807. The van der Waals surface area contributed by atoms with Crippen LogP contribution in [0.4, 0.5) is 0 Å². The van der Waals surface area contributed by atoms with Gasteiger partial charge in [0, 0.05) is 4.47 Å². The van der Waals surface area contributed by atoms with E-state index in [2.05, 4.69) is 15.9 Å². The molecule has 0 aliphatic rings. The fourth-order valence-electron chi connectivity index (χ4n) is 2.21. The van der Waals surface area contributed by atoms with Gasteiger partial charge in [-0.3, -0.25) is 0 Å². The van der Waals surface area contributed by atoms with Crippen molar-refractivity contribution in [3.05, 3.63) is 57.6 Å². The molecule has 0 amide bonds. The minimum Gasteiger partial charge on any atom is -0.496 e. The minimum absolute atomic E-state index is 0.608. The van der Waals surface area contributed by atoms with Crippen molar-refractivity contribution >= 4 is 15.9 Å². The number of aliphatic hydroxyl groups is 1. The molecule has 0 spiro atoms. The molecule has 0 fully saturated rings. The highest BCUT2D eigenvalue weighted by Gasteiger charge is 2.21. The zero-order chi connectivity index (χ0) is 14.7. The number of benzene rings is 2. The van der Waals surface area contributed by atoms with Gasteiger partial charge in [0.15, 0.2) is 0 Å². The molecule has 0 saturated heterocycles. The molecular formula is C16H17BrO3. The van der Waals surface area contributed by atoms with Gasteiger partial charge in [0.2, 0.25) is 0 Å². The molecule has 0 aliphatic carbocycles. The Morgan fingerprint density at radius 2 is 1.65 bits per heavy atom. The van der Waals surface area contributed by atoms with Gasteiger partial charge < -0.3 is 14.6 Å². The van der Waals surface area contributed by atoms with Crippen LogP contribution in [0.2, 0.25) is 0 Å². The van der Waals surface area contributed by atoms with Gasteiger partial charge in [-0.15, -0.1) is 0 Å². The van der Waals surface area contributed by atoms with Crippen molar-refractivity contribution in [3.8, 4) is 11.5 Å². The van der Waals surface area contributed by atoms with Crippen LogP contribution in [0.1, 0.15) is 22.8 Å². The number of hydrogen-bond acceptors (Lipinski definition) is 3. The van der Waals surface area contributed by atoms with Crippen LogP contribution in [-0.2, 0) is 0 Å². The van der Waals surface area contributed by atoms with Crippen LogP contribution in [0.5, 0.6) is 11.5 Å². The topological polar surface area (TPSA) is 38.7 Å². The van der Waals surface area contributed by atoms with E-state index < -0.39 is 6.10 Å². The van der Waals surface area contributed by atoms with E-state index in [1.54, 1.807) is 14.2 Å². The summed E-state index contributed by atoms with van der Waals surface area (Å²) in [5, 5.41) is 10.7. The highest BCUT2D eigenvalue weighted by atomic mass is 79.9. The summed E-state index contributed by atoms with van der Waals surface area (Å²) < 4.78 is 11.6. The van der Waals surface area contributed by atoms with Crippen molar-refractivity contribution in [2.24, 2.45) is 0 Å². The van der Waals surface area contributed by atoms with E-state index in [1.807, 2.05) is 43.3 Å². The second-order valence-corrected chi connectivity index (χ2v) is 5.40. The van der Waals surface area contributed by atoms with E-state index in [9.17, 15) is 5.11 Å². The van der Waals surface area contributed by atoms with Crippen molar-refractivity contribution in [3.63, 3.8) is 0 Å². The number of ether oxygens (including phenoxy) is 2. The van der Waals surface area contributed by atoms with Gasteiger partial charge in [0.1, 0.15) is 17.6 Å². The van der Waals surface area contributed by atoms with Crippen molar-refractivity contribution in [2.75, 3.05) is 14.2 Å². The van der Waals surface area contributed by atoms with E-state index in [0.29, 0.717) is 17.1 Å². The third-order valence-electron chi connectivity index (χ3n) is 3.28. The molecule has 0 radical (unpaired) electrons. The SMILES string of the molecule is COc1cccc(OC)c1C(O)c1cc(Br)ccc1C. The zero-order valence-electron chi connectivity index (χ0n) is 11.7. The predicted molar refractivity (Wildman–Crippen MR) is 82.5 cm³/mol. The van der Waals surface area contributed by atoms with Crippen LogP contribution in [-0.4, -0.2) is 19.3 Å². The first-order valence-corrected chi connectivity index (χ1v) is 7.02. The molecule has 0 saturated carbocycles. The molecule has 1 unspecified atom stereocenters. The lowest BCUT2D eigenvalue weighted by Gasteiger charge is -2.20. The lowest BCUT2D eigenvalue weighted by atomic mass is 9.96. The van der Waals surface area contributed by atoms with Gasteiger partial charge in [-0.25, -0.2) is 0 Å². The average Bonchev–Trinajstić information content (AvgIpc) is 2.48. The van der Waals surface area contributed by atoms with E-state index in [0.717, 1.165) is 15.6 Å². The van der Waals surface area contributed by atoms with Crippen LogP contribution in [0.3, 0.4) is 0 Å². The zero-order valence-corrected chi connectivity index (χ0v) is 13.3. The molecule has 0 aromatic heterocycles. The second-order valence-electron chi connectivity index (χ2n) is 4.48. The number of hydrogen-bond donors (Lipinski definition) is 1. The summed E-state index contributed by atoms with van der Waals surface area (Å²) in [6, 6.07) is 11.3. The summed E-state index contributed by atoms with van der Waals surface area (Å²) in [5.41, 5.74) is 2.47. The molecule has 1 N–H and O–H groups in total. The second kappa shape index (κ2) is 6.29. The molecule has 0 heterocycles. The highest BCUT2D eigenvalue weighted by molar-refractivity contribution is 9.10. The van der Waals surface area contributed by atoms with Gasteiger partial charge in [0.25, 0.3) is 0 Å². The maximum Gasteiger partial charge on any atom is 0.128 e. The van der Waals surface area contributed by atoms with Gasteiger partial charge in [0.05, 0.1) is 19.8 Å². The van der Waals surface area contributed by atoms with E-state index >= 15 is 0 Å². The molecule has 3 nitrogen and oxygen atoms in total. The van der Waals surface area contributed by atoms with Crippen LogP contribution in [0, 0.1) is 6.92 Å². The van der Waals surface area contributed by atoms with Gasteiger partial charge >= 0.3 is 0 Å². The first-order valence-electron chi connectivity index (χ1n) is 6.23. The Morgan fingerprint density at radius 1 is 1.05 bits per heavy atom. The van der Waals surface area contributed by atoms with Gasteiger partial charge in [-0.1, -0.05) is 28.1 Å². The first-order chi connectivity index (χ1) is 9.58. The average molecular weight is 337 g/mol. The van der Waals surface area contributed by atoms with E-state index in [1.165, 1.54) is 0 Å². The Kier molecular flexibility index (Phi) is 4.68. The minimum atomic E-state index is -0.807.